The van der Waals surface area contributed by atoms with Crippen molar-refractivity contribution in [2.45, 2.75) is 12.6 Å². The maximum atomic E-state index is 9.47. The highest BCUT2D eigenvalue weighted by Crippen LogP contribution is 2.16. The normalized spacial score (nSPS) is 13.9. The van der Waals surface area contributed by atoms with Crippen LogP contribution < -0.4 is 5.73 Å². The molecule has 2 rings (SSSR count). The third-order valence-electron chi connectivity index (χ3n) is 2.90. The lowest BCUT2D eigenvalue weighted by Gasteiger charge is -2.10. The minimum absolute atomic E-state index is 0.307. The molecule has 0 spiro atoms. The molecule has 0 aliphatic rings. The Balaban J connectivity index is 2.27. The van der Waals surface area contributed by atoms with Crippen molar-refractivity contribution in [2.75, 3.05) is 18.9 Å². The van der Waals surface area contributed by atoms with Gasteiger partial charge in [0.25, 0.3) is 0 Å². The molecule has 0 saturated heterocycles. The maximum absolute atomic E-state index is 9.47. The number of fused-ring (bicyclic) bond motifs is 1. The molecule has 2 aromatic rings. The van der Waals surface area contributed by atoms with Crippen LogP contribution in [-0.2, 0) is 6.54 Å². The van der Waals surface area contributed by atoms with Gasteiger partial charge in [-0.3, -0.25) is 0 Å². The quantitative estimate of drug-likeness (QED) is 0.530. The van der Waals surface area contributed by atoms with Crippen LogP contribution in [0.2, 0.25) is 0 Å². The summed E-state index contributed by atoms with van der Waals surface area (Å²) in [6, 6.07) is 1.79. The zero-order valence-electron chi connectivity index (χ0n) is 10.3. The van der Waals surface area contributed by atoms with Gasteiger partial charge in [-0.2, -0.15) is 0 Å². The molecule has 2 aromatic heterocycles. The Morgan fingerprint density at radius 2 is 2.21 bits per heavy atom. The SMILES string of the molecule is Nc1nccc2c1ncn2C/C=C(/CO)C(O)CO. The van der Waals surface area contributed by atoms with E-state index in [9.17, 15) is 5.11 Å². The van der Waals surface area contributed by atoms with Crippen LogP contribution in [0.5, 0.6) is 0 Å². The Morgan fingerprint density at radius 3 is 2.89 bits per heavy atom. The molecule has 0 radical (unpaired) electrons. The van der Waals surface area contributed by atoms with Crippen LogP contribution in [-0.4, -0.2) is 49.2 Å². The van der Waals surface area contributed by atoms with Crippen LogP contribution >= 0.6 is 0 Å². The van der Waals surface area contributed by atoms with Gasteiger partial charge in [0.05, 0.1) is 25.1 Å². The molecule has 7 heteroatoms. The molecule has 0 fully saturated rings. The number of hydrogen-bond acceptors (Lipinski definition) is 6. The van der Waals surface area contributed by atoms with E-state index >= 15 is 0 Å². The molecule has 0 bridgehead atoms. The zero-order valence-corrected chi connectivity index (χ0v) is 10.3. The van der Waals surface area contributed by atoms with Crippen LogP contribution in [0.1, 0.15) is 0 Å². The van der Waals surface area contributed by atoms with E-state index < -0.39 is 12.7 Å². The predicted octanol–water partition coefficient (Wildman–Crippen LogP) is -0.715. The average molecular weight is 264 g/mol. The summed E-state index contributed by atoms with van der Waals surface area (Å²) in [5.41, 5.74) is 7.51. The van der Waals surface area contributed by atoms with E-state index in [-0.39, 0.29) is 6.61 Å². The van der Waals surface area contributed by atoms with E-state index in [2.05, 4.69) is 9.97 Å². The Kier molecular flexibility index (Phi) is 4.10. The van der Waals surface area contributed by atoms with Gasteiger partial charge >= 0.3 is 0 Å². The highest BCUT2D eigenvalue weighted by atomic mass is 16.3. The van der Waals surface area contributed by atoms with Gasteiger partial charge < -0.3 is 25.6 Å². The van der Waals surface area contributed by atoms with Gasteiger partial charge in [-0.05, 0) is 11.6 Å². The number of imidazole rings is 1. The molecule has 0 aliphatic carbocycles. The molecule has 5 N–H and O–H groups in total. The summed E-state index contributed by atoms with van der Waals surface area (Å²) in [7, 11) is 0. The van der Waals surface area contributed by atoms with Crippen LogP contribution in [0.3, 0.4) is 0 Å². The molecule has 1 unspecified atom stereocenters. The third kappa shape index (κ3) is 2.73. The molecule has 7 nitrogen and oxygen atoms in total. The highest BCUT2D eigenvalue weighted by molar-refractivity contribution is 5.84. The first kappa shape index (κ1) is 13.5. The van der Waals surface area contributed by atoms with Crippen molar-refractivity contribution < 1.29 is 15.3 Å². The molecule has 0 aliphatic heterocycles. The number of allylic oxidation sites excluding steroid dienone is 1. The maximum Gasteiger partial charge on any atom is 0.151 e. The number of pyridine rings is 1. The lowest BCUT2D eigenvalue weighted by atomic mass is 10.1. The monoisotopic (exact) mass is 264 g/mol. The number of nitrogens with two attached hydrogens (primary N) is 1. The second-order valence-corrected chi connectivity index (χ2v) is 4.10. The van der Waals surface area contributed by atoms with E-state index in [1.54, 1.807) is 24.7 Å². The van der Waals surface area contributed by atoms with Crippen molar-refractivity contribution in [2.24, 2.45) is 0 Å². The van der Waals surface area contributed by atoms with E-state index in [1.165, 1.54) is 0 Å². The second-order valence-electron chi connectivity index (χ2n) is 4.10. The summed E-state index contributed by atoms with van der Waals surface area (Å²) >= 11 is 0. The molecule has 0 saturated carbocycles. The highest BCUT2D eigenvalue weighted by Gasteiger charge is 2.09. The fraction of sp³-hybridized carbons (Fsp3) is 0.333. The first-order chi connectivity index (χ1) is 9.17. The molecule has 2 heterocycles. The number of rotatable bonds is 5. The van der Waals surface area contributed by atoms with Gasteiger partial charge in [0.1, 0.15) is 11.6 Å². The predicted molar refractivity (Wildman–Crippen MR) is 70.2 cm³/mol. The van der Waals surface area contributed by atoms with Crippen molar-refractivity contribution in [1.82, 2.24) is 14.5 Å². The van der Waals surface area contributed by atoms with Gasteiger partial charge in [-0.1, -0.05) is 6.08 Å². The number of hydrogen-bond donors (Lipinski definition) is 4. The smallest absolute Gasteiger partial charge is 0.151 e. The van der Waals surface area contributed by atoms with Crippen LogP contribution in [0.4, 0.5) is 5.82 Å². The first-order valence-electron chi connectivity index (χ1n) is 5.81. The molecule has 19 heavy (non-hydrogen) atoms. The summed E-state index contributed by atoms with van der Waals surface area (Å²) in [4.78, 5) is 8.11. The lowest BCUT2D eigenvalue weighted by Crippen LogP contribution is -2.18. The van der Waals surface area contributed by atoms with Crippen molar-refractivity contribution in [3.8, 4) is 0 Å². The Bertz CT molecular complexity index is 594. The summed E-state index contributed by atoms with van der Waals surface area (Å²) in [5.74, 6) is 0.359. The lowest BCUT2D eigenvalue weighted by molar-refractivity contribution is 0.111. The minimum Gasteiger partial charge on any atom is -0.393 e. The zero-order chi connectivity index (χ0) is 13.8. The van der Waals surface area contributed by atoms with Gasteiger partial charge in [-0.25, -0.2) is 9.97 Å². The van der Waals surface area contributed by atoms with Gasteiger partial charge in [0.15, 0.2) is 5.82 Å². The summed E-state index contributed by atoms with van der Waals surface area (Å²) in [6.45, 7) is -0.321. The van der Waals surface area contributed by atoms with E-state index in [4.69, 9.17) is 15.9 Å². The third-order valence-corrected chi connectivity index (χ3v) is 2.90. The fourth-order valence-corrected chi connectivity index (χ4v) is 1.80. The van der Waals surface area contributed by atoms with Crippen LogP contribution in [0.15, 0.2) is 30.2 Å². The second kappa shape index (κ2) is 5.79. The average Bonchev–Trinajstić information content (AvgIpc) is 2.84. The van der Waals surface area contributed by atoms with Gasteiger partial charge in [0.2, 0.25) is 0 Å². The molecule has 102 valence electrons. The number of aliphatic hydroxyl groups is 3. The summed E-state index contributed by atoms with van der Waals surface area (Å²) in [6.07, 6.45) is 3.80. The molecule has 0 amide bonds. The standard InChI is InChI=1S/C12H16N4O3/c13-12-11-9(1-3-14-12)16(7-15-11)4-2-8(5-17)10(19)6-18/h1-3,7,10,17-19H,4-6H2,(H2,13,14)/b8-2-. The summed E-state index contributed by atoms with van der Waals surface area (Å²) in [5, 5.41) is 27.4. The van der Waals surface area contributed by atoms with Gasteiger partial charge in [-0.15, -0.1) is 0 Å². The number of aromatic nitrogens is 3. The van der Waals surface area contributed by atoms with Crippen LogP contribution in [0, 0.1) is 0 Å². The van der Waals surface area contributed by atoms with Crippen molar-refractivity contribution >= 4 is 16.9 Å². The van der Waals surface area contributed by atoms with Crippen molar-refractivity contribution in [3.05, 3.63) is 30.2 Å². The molecule has 1 atom stereocenters. The number of nitrogen functional groups attached to an aromatic ring is 1. The first-order valence-corrected chi connectivity index (χ1v) is 5.81. The number of nitrogens with zero attached hydrogens (tertiary/aromatic N) is 3. The van der Waals surface area contributed by atoms with Crippen LogP contribution in [0.25, 0.3) is 11.0 Å². The minimum atomic E-state index is -1.05. The number of aliphatic hydroxyl groups excluding tert-OH is 3. The van der Waals surface area contributed by atoms with Crippen molar-refractivity contribution in [1.29, 1.82) is 0 Å². The molecule has 0 aromatic carbocycles. The largest absolute Gasteiger partial charge is 0.393 e. The van der Waals surface area contributed by atoms with E-state index in [0.29, 0.717) is 23.5 Å². The summed E-state index contributed by atoms with van der Waals surface area (Å²) < 4.78 is 1.81. The Hall–Kier alpha value is -1.96. The molecular weight excluding hydrogens is 248 g/mol. The van der Waals surface area contributed by atoms with Crippen molar-refractivity contribution in [3.63, 3.8) is 0 Å². The number of anilines is 1. The Labute approximate surface area is 109 Å². The Morgan fingerprint density at radius 1 is 1.42 bits per heavy atom. The fourth-order valence-electron chi connectivity index (χ4n) is 1.80. The van der Waals surface area contributed by atoms with E-state index in [0.717, 1.165) is 5.52 Å². The van der Waals surface area contributed by atoms with Gasteiger partial charge in [0, 0.05) is 12.7 Å². The topological polar surface area (TPSA) is 117 Å². The molecular formula is C12H16N4O3. The van der Waals surface area contributed by atoms with E-state index in [1.807, 2.05) is 4.57 Å².